The summed E-state index contributed by atoms with van der Waals surface area (Å²) in [6, 6.07) is 4.22. The Balaban J connectivity index is 1.84. The summed E-state index contributed by atoms with van der Waals surface area (Å²) in [5.74, 6) is -4.07. The predicted octanol–water partition coefficient (Wildman–Crippen LogP) is 0.00390. The molecule has 1 aliphatic heterocycles. The maximum Gasteiger partial charge on any atom is 0.302 e. The summed E-state index contributed by atoms with van der Waals surface area (Å²) in [5, 5.41) is 8.19. The third-order valence-electron chi connectivity index (χ3n) is 4.87. The number of nitrogens with one attached hydrogen (secondary N) is 1. The van der Waals surface area contributed by atoms with E-state index < -0.39 is 48.2 Å². The quantitative estimate of drug-likeness (QED) is 0.449. The summed E-state index contributed by atoms with van der Waals surface area (Å²) >= 11 is 0. The molecule has 1 aromatic carbocycles. The zero-order chi connectivity index (χ0) is 24.2. The second kappa shape index (κ2) is 10.2. The Hall–Kier alpha value is -2.46. The number of nitrogens with zero attached hydrogens (tertiary/aromatic N) is 4. The smallest absolute Gasteiger partial charge is 0.302 e. The number of benzene rings is 1. The van der Waals surface area contributed by atoms with Crippen LogP contribution in [-0.2, 0) is 25.8 Å². The van der Waals surface area contributed by atoms with Gasteiger partial charge in [-0.3, -0.25) is 9.62 Å². The number of anilines is 1. The summed E-state index contributed by atoms with van der Waals surface area (Å²) in [6.45, 7) is 1.52. The van der Waals surface area contributed by atoms with Gasteiger partial charge in [0.15, 0.2) is 11.6 Å². The van der Waals surface area contributed by atoms with Crippen molar-refractivity contribution in [1.29, 1.82) is 0 Å². The van der Waals surface area contributed by atoms with Gasteiger partial charge in [-0.1, -0.05) is 12.1 Å². The molecule has 0 spiro atoms. The van der Waals surface area contributed by atoms with Gasteiger partial charge in [-0.15, -0.1) is 0 Å². The first-order valence-electron chi connectivity index (χ1n) is 9.75. The minimum absolute atomic E-state index is 0.0392. The molecule has 0 saturated carbocycles. The molecule has 0 amide bonds. The van der Waals surface area contributed by atoms with Crippen LogP contribution in [0.15, 0.2) is 29.4 Å². The van der Waals surface area contributed by atoms with Gasteiger partial charge in [0.2, 0.25) is 15.7 Å². The highest BCUT2D eigenvalue weighted by atomic mass is 32.2. The third kappa shape index (κ3) is 6.11. The van der Waals surface area contributed by atoms with E-state index in [1.807, 2.05) is 4.90 Å². The third-order valence-corrected chi connectivity index (χ3v) is 7.81. The molecular formula is C18H23F2N5O6S2. The molecule has 2 N–H and O–H groups in total. The van der Waals surface area contributed by atoms with E-state index in [-0.39, 0.29) is 31.4 Å². The highest BCUT2D eigenvalue weighted by Gasteiger charge is 2.29. The first kappa shape index (κ1) is 25.2. The number of aliphatic hydroxyl groups is 1. The average molecular weight is 508 g/mol. The van der Waals surface area contributed by atoms with Crippen molar-refractivity contribution >= 4 is 25.9 Å². The van der Waals surface area contributed by atoms with Crippen molar-refractivity contribution in [2.75, 3.05) is 51.2 Å². The molecule has 15 heteroatoms. The van der Waals surface area contributed by atoms with Crippen LogP contribution in [0, 0.1) is 11.6 Å². The molecule has 2 aromatic rings. The Labute approximate surface area is 190 Å². The van der Waals surface area contributed by atoms with Gasteiger partial charge in [0, 0.05) is 44.4 Å². The first-order chi connectivity index (χ1) is 15.6. The lowest BCUT2D eigenvalue weighted by Gasteiger charge is -2.33. The van der Waals surface area contributed by atoms with Gasteiger partial charge < -0.3 is 9.84 Å². The molecule has 33 heavy (non-hydrogen) atoms. The Morgan fingerprint density at radius 1 is 1.12 bits per heavy atom. The van der Waals surface area contributed by atoms with Crippen molar-refractivity contribution in [3.8, 4) is 5.88 Å². The fourth-order valence-electron chi connectivity index (χ4n) is 3.16. The maximum atomic E-state index is 14.0. The van der Waals surface area contributed by atoms with Crippen LogP contribution in [0.2, 0.25) is 0 Å². The summed E-state index contributed by atoms with van der Waals surface area (Å²) in [6.07, 6.45) is 0. The molecule has 2 heterocycles. The molecule has 182 valence electrons. The molecule has 11 nitrogen and oxygen atoms in total. The van der Waals surface area contributed by atoms with E-state index in [9.17, 15) is 25.6 Å². The monoisotopic (exact) mass is 507 g/mol. The first-order valence-corrected chi connectivity index (χ1v) is 12.8. The highest BCUT2D eigenvalue weighted by molar-refractivity contribution is 7.90. The van der Waals surface area contributed by atoms with Crippen LogP contribution < -0.4 is 9.46 Å². The molecular weight excluding hydrogens is 484 g/mol. The topological polar surface area (TPSA) is 142 Å². The maximum absolute atomic E-state index is 14.0. The molecule has 0 atom stereocenters. The largest absolute Gasteiger partial charge is 0.481 e. The number of aromatic nitrogens is 2. The van der Waals surface area contributed by atoms with Crippen LogP contribution in [0.5, 0.6) is 5.88 Å². The Kier molecular flexibility index (Phi) is 7.79. The van der Waals surface area contributed by atoms with E-state index in [4.69, 9.17) is 9.84 Å². The SMILES string of the molecule is COc1cc(NS(=O)(=O)N2CCN(CCO)CC2)nc(S(=O)(=O)Cc2cccc(F)c2F)n1. The van der Waals surface area contributed by atoms with Crippen molar-refractivity contribution in [1.82, 2.24) is 19.2 Å². The number of rotatable bonds is 9. The van der Waals surface area contributed by atoms with Crippen LogP contribution in [0.1, 0.15) is 5.56 Å². The standard InChI is InChI=1S/C18H23F2N5O6S2/c1-31-16-11-15(23-33(29,30)25-7-5-24(6-8-25)9-10-26)21-18(22-16)32(27,28)12-13-3-2-4-14(19)17(13)20/h2-4,11,26H,5-10,12H2,1H3,(H,21,22,23). The molecule has 0 radical (unpaired) electrons. The normalized spacial score (nSPS) is 16.0. The second-order valence-electron chi connectivity index (χ2n) is 7.12. The van der Waals surface area contributed by atoms with E-state index in [1.54, 1.807) is 0 Å². The van der Waals surface area contributed by atoms with E-state index in [0.29, 0.717) is 19.6 Å². The van der Waals surface area contributed by atoms with Crippen molar-refractivity contribution in [2.45, 2.75) is 10.9 Å². The molecule has 1 aliphatic rings. The van der Waals surface area contributed by atoms with Crippen LogP contribution in [-0.4, -0.2) is 87.6 Å². The molecule has 0 aliphatic carbocycles. The second-order valence-corrected chi connectivity index (χ2v) is 10.7. The van der Waals surface area contributed by atoms with Crippen molar-refractivity contribution in [3.05, 3.63) is 41.5 Å². The Bertz CT molecular complexity index is 1200. The molecule has 3 rings (SSSR count). The fraction of sp³-hybridized carbons (Fsp3) is 0.444. The molecule has 1 saturated heterocycles. The number of hydrogen-bond donors (Lipinski definition) is 2. The van der Waals surface area contributed by atoms with Gasteiger partial charge >= 0.3 is 10.2 Å². The lowest BCUT2D eigenvalue weighted by molar-refractivity contribution is 0.152. The summed E-state index contributed by atoms with van der Waals surface area (Å²) in [7, 11) is -7.28. The Morgan fingerprint density at radius 3 is 2.45 bits per heavy atom. The minimum Gasteiger partial charge on any atom is -0.481 e. The zero-order valence-corrected chi connectivity index (χ0v) is 19.2. The van der Waals surface area contributed by atoms with Crippen molar-refractivity contribution in [3.63, 3.8) is 0 Å². The van der Waals surface area contributed by atoms with Crippen molar-refractivity contribution in [2.24, 2.45) is 0 Å². The molecule has 1 fully saturated rings. The van der Waals surface area contributed by atoms with Gasteiger partial charge in [-0.2, -0.15) is 22.7 Å². The van der Waals surface area contributed by atoms with Crippen LogP contribution in [0.3, 0.4) is 0 Å². The van der Waals surface area contributed by atoms with E-state index in [1.165, 1.54) is 7.11 Å². The number of hydrogen-bond acceptors (Lipinski definition) is 9. The van der Waals surface area contributed by atoms with E-state index in [0.717, 1.165) is 28.6 Å². The lowest BCUT2D eigenvalue weighted by atomic mass is 10.2. The lowest BCUT2D eigenvalue weighted by Crippen LogP contribution is -2.50. The van der Waals surface area contributed by atoms with Crippen LogP contribution in [0.4, 0.5) is 14.6 Å². The highest BCUT2D eigenvalue weighted by Crippen LogP contribution is 2.22. The molecule has 0 bridgehead atoms. The fourth-order valence-corrected chi connectivity index (χ4v) is 5.53. The van der Waals surface area contributed by atoms with Crippen molar-refractivity contribution < 1.29 is 35.5 Å². The number of β-amino-alcohol motifs (C(OH)–C–C–N with tert-alkyl or cyclic N) is 1. The number of halogens is 2. The summed E-state index contributed by atoms with van der Waals surface area (Å²) in [5.41, 5.74) is -0.427. The van der Waals surface area contributed by atoms with Gasteiger partial charge in [-0.25, -0.2) is 17.2 Å². The van der Waals surface area contributed by atoms with Crippen LogP contribution in [0.25, 0.3) is 0 Å². The van der Waals surface area contributed by atoms with Gasteiger partial charge in [0.1, 0.15) is 5.82 Å². The van der Waals surface area contributed by atoms with E-state index in [2.05, 4.69) is 14.7 Å². The van der Waals surface area contributed by atoms with Gasteiger partial charge in [0.25, 0.3) is 5.16 Å². The Morgan fingerprint density at radius 2 is 1.82 bits per heavy atom. The number of sulfone groups is 1. The number of piperazine rings is 1. The molecule has 1 aromatic heterocycles. The number of ether oxygens (including phenoxy) is 1. The average Bonchev–Trinajstić information content (AvgIpc) is 2.77. The summed E-state index contributed by atoms with van der Waals surface area (Å²) in [4.78, 5) is 9.40. The summed E-state index contributed by atoms with van der Waals surface area (Å²) < 4.78 is 86.8. The van der Waals surface area contributed by atoms with Gasteiger partial charge in [0.05, 0.1) is 19.5 Å². The van der Waals surface area contributed by atoms with Crippen LogP contribution >= 0.6 is 0 Å². The van der Waals surface area contributed by atoms with E-state index >= 15 is 0 Å². The van der Waals surface area contributed by atoms with Gasteiger partial charge in [-0.05, 0) is 6.07 Å². The minimum atomic E-state index is -4.39. The zero-order valence-electron chi connectivity index (χ0n) is 17.6. The number of methoxy groups -OCH3 is 1. The number of aliphatic hydroxyl groups excluding tert-OH is 1. The predicted molar refractivity (Wildman–Crippen MR) is 113 cm³/mol. The molecule has 0 unspecified atom stereocenters.